The highest BCUT2D eigenvalue weighted by Crippen LogP contribution is 2.24. The standard InChI is InChI=1S/C7H6Cl2N/c1-10-7-4-5(8)2-3-6(7)9/h2-4H,1H3. The van der Waals surface area contributed by atoms with Crippen molar-refractivity contribution in [3.8, 4) is 0 Å². The molecule has 0 bridgehead atoms. The first-order valence-corrected chi connectivity index (χ1v) is 3.54. The molecule has 0 saturated carbocycles. The molecule has 0 N–H and O–H groups in total. The van der Waals surface area contributed by atoms with Crippen LogP contribution >= 0.6 is 23.2 Å². The fourth-order valence-corrected chi connectivity index (χ4v) is 1.03. The van der Waals surface area contributed by atoms with Crippen molar-refractivity contribution in [3.63, 3.8) is 0 Å². The second-order valence-corrected chi connectivity index (χ2v) is 2.66. The summed E-state index contributed by atoms with van der Waals surface area (Å²) in [6.07, 6.45) is 0. The molecule has 0 spiro atoms. The summed E-state index contributed by atoms with van der Waals surface area (Å²) in [7, 11) is 1.68. The molecule has 10 heavy (non-hydrogen) atoms. The van der Waals surface area contributed by atoms with Crippen LogP contribution in [0.2, 0.25) is 10.0 Å². The third-order valence-corrected chi connectivity index (χ3v) is 1.70. The normalized spacial score (nSPS) is 9.50. The first kappa shape index (κ1) is 7.70. The van der Waals surface area contributed by atoms with E-state index >= 15 is 0 Å². The van der Waals surface area contributed by atoms with Crippen molar-refractivity contribution in [1.82, 2.24) is 5.32 Å². The summed E-state index contributed by atoms with van der Waals surface area (Å²) in [5, 5.41) is 5.20. The van der Waals surface area contributed by atoms with Gasteiger partial charge in [0.15, 0.2) is 0 Å². The molecule has 1 radical (unpaired) electrons. The number of nitrogens with zero attached hydrogens (tertiary/aromatic N) is 1. The Morgan fingerprint density at radius 1 is 1.30 bits per heavy atom. The highest BCUT2D eigenvalue weighted by atomic mass is 35.5. The molecule has 0 aliphatic heterocycles. The van der Waals surface area contributed by atoms with Crippen LogP contribution in [-0.2, 0) is 0 Å². The molecule has 0 heterocycles. The van der Waals surface area contributed by atoms with E-state index < -0.39 is 0 Å². The SMILES string of the molecule is C[N]c1cc(Cl)ccc1Cl. The lowest BCUT2D eigenvalue weighted by molar-refractivity contribution is 1.09. The first-order valence-electron chi connectivity index (χ1n) is 2.79. The van der Waals surface area contributed by atoms with E-state index in [2.05, 4.69) is 5.32 Å². The summed E-state index contributed by atoms with van der Waals surface area (Å²) < 4.78 is 0. The fourth-order valence-electron chi connectivity index (χ4n) is 0.657. The van der Waals surface area contributed by atoms with Gasteiger partial charge < -0.3 is 0 Å². The van der Waals surface area contributed by atoms with E-state index in [1.165, 1.54) is 0 Å². The Morgan fingerprint density at radius 2 is 2.00 bits per heavy atom. The van der Waals surface area contributed by atoms with Crippen LogP contribution in [0.3, 0.4) is 0 Å². The van der Waals surface area contributed by atoms with Crippen molar-refractivity contribution < 1.29 is 0 Å². The average molecular weight is 175 g/mol. The second-order valence-electron chi connectivity index (χ2n) is 1.82. The van der Waals surface area contributed by atoms with Crippen molar-refractivity contribution in [2.45, 2.75) is 0 Å². The minimum absolute atomic E-state index is 0.631. The zero-order valence-corrected chi connectivity index (χ0v) is 6.95. The topological polar surface area (TPSA) is 14.1 Å². The van der Waals surface area contributed by atoms with E-state index in [1.54, 1.807) is 25.2 Å². The van der Waals surface area contributed by atoms with Gasteiger partial charge in [0.2, 0.25) is 0 Å². The van der Waals surface area contributed by atoms with Gasteiger partial charge in [-0.2, -0.15) is 0 Å². The minimum Gasteiger partial charge on any atom is -0.287 e. The number of hydrogen-bond acceptors (Lipinski definition) is 0. The Kier molecular flexibility index (Phi) is 2.41. The number of rotatable bonds is 1. The molecule has 1 aromatic rings. The molecular formula is C7H6Cl2N. The molecule has 1 nitrogen and oxygen atoms in total. The molecule has 1 aromatic carbocycles. The van der Waals surface area contributed by atoms with Crippen LogP contribution in [0.15, 0.2) is 18.2 Å². The van der Waals surface area contributed by atoms with Crippen LogP contribution in [0.4, 0.5) is 5.69 Å². The van der Waals surface area contributed by atoms with Gasteiger partial charge >= 0.3 is 0 Å². The van der Waals surface area contributed by atoms with Gasteiger partial charge in [0.25, 0.3) is 0 Å². The van der Waals surface area contributed by atoms with Crippen LogP contribution in [-0.4, -0.2) is 7.05 Å². The second kappa shape index (κ2) is 3.13. The summed E-state index contributed by atoms with van der Waals surface area (Å²) in [4.78, 5) is 0. The fraction of sp³-hybridized carbons (Fsp3) is 0.143. The van der Waals surface area contributed by atoms with Gasteiger partial charge in [-0.05, 0) is 18.2 Å². The maximum atomic E-state index is 5.74. The van der Waals surface area contributed by atoms with Crippen LogP contribution < -0.4 is 5.32 Å². The highest BCUT2D eigenvalue weighted by molar-refractivity contribution is 6.34. The Morgan fingerprint density at radius 3 is 2.50 bits per heavy atom. The van der Waals surface area contributed by atoms with E-state index in [9.17, 15) is 0 Å². The van der Waals surface area contributed by atoms with Gasteiger partial charge in [0.05, 0.1) is 10.7 Å². The third kappa shape index (κ3) is 1.55. The lowest BCUT2D eigenvalue weighted by Gasteiger charge is -1.99. The Bertz CT molecular complexity index is 235. The third-order valence-electron chi connectivity index (χ3n) is 1.15. The first-order chi connectivity index (χ1) is 4.74. The highest BCUT2D eigenvalue weighted by Gasteiger charge is 1.97. The van der Waals surface area contributed by atoms with Crippen molar-refractivity contribution in [3.05, 3.63) is 28.2 Å². The summed E-state index contributed by atoms with van der Waals surface area (Å²) in [5.74, 6) is 0. The van der Waals surface area contributed by atoms with E-state index in [0.717, 1.165) is 5.69 Å². The molecular weight excluding hydrogens is 169 g/mol. The molecule has 0 fully saturated rings. The maximum absolute atomic E-state index is 5.74. The van der Waals surface area contributed by atoms with Crippen molar-refractivity contribution >= 4 is 28.9 Å². The molecule has 3 heteroatoms. The largest absolute Gasteiger partial charge is 0.287 e. The van der Waals surface area contributed by atoms with Crippen molar-refractivity contribution in [1.29, 1.82) is 0 Å². The van der Waals surface area contributed by atoms with Gasteiger partial charge in [-0.15, -0.1) is 0 Å². The molecule has 0 aliphatic rings. The smallest absolute Gasteiger partial charge is 0.0771 e. The summed E-state index contributed by atoms with van der Waals surface area (Å²) in [5.41, 5.74) is 0.731. The van der Waals surface area contributed by atoms with Crippen molar-refractivity contribution in [2.75, 3.05) is 7.05 Å². The molecule has 53 valence electrons. The van der Waals surface area contributed by atoms with Gasteiger partial charge in [-0.25, -0.2) is 0 Å². The molecule has 0 aromatic heterocycles. The molecule has 0 amide bonds. The van der Waals surface area contributed by atoms with Crippen LogP contribution in [0.1, 0.15) is 0 Å². The quantitative estimate of drug-likeness (QED) is 0.622. The average Bonchev–Trinajstić information content (AvgIpc) is 1.94. The van der Waals surface area contributed by atoms with Gasteiger partial charge in [-0.3, -0.25) is 5.32 Å². The van der Waals surface area contributed by atoms with E-state index in [0.29, 0.717) is 10.0 Å². The minimum atomic E-state index is 0.631. The van der Waals surface area contributed by atoms with Crippen LogP contribution in [0.5, 0.6) is 0 Å². The molecule has 0 atom stereocenters. The van der Waals surface area contributed by atoms with E-state index in [1.807, 2.05) is 0 Å². The predicted octanol–water partition coefficient (Wildman–Crippen LogP) is 2.86. The van der Waals surface area contributed by atoms with Crippen molar-refractivity contribution in [2.24, 2.45) is 0 Å². The lowest BCUT2D eigenvalue weighted by atomic mass is 10.3. The Labute approximate surface area is 70.0 Å². The molecule has 0 saturated heterocycles. The predicted molar refractivity (Wildman–Crippen MR) is 44.2 cm³/mol. The summed E-state index contributed by atoms with van der Waals surface area (Å²) >= 11 is 11.4. The maximum Gasteiger partial charge on any atom is 0.0771 e. The zero-order chi connectivity index (χ0) is 7.56. The van der Waals surface area contributed by atoms with Gasteiger partial charge in [0, 0.05) is 12.1 Å². The van der Waals surface area contributed by atoms with Crippen LogP contribution in [0, 0.1) is 0 Å². The zero-order valence-electron chi connectivity index (χ0n) is 5.44. The van der Waals surface area contributed by atoms with Gasteiger partial charge in [0.1, 0.15) is 0 Å². The number of benzene rings is 1. The summed E-state index contributed by atoms with van der Waals surface area (Å²) in [6.45, 7) is 0. The van der Waals surface area contributed by atoms with Gasteiger partial charge in [-0.1, -0.05) is 23.2 Å². The number of hydrogen-bond donors (Lipinski definition) is 0. The van der Waals surface area contributed by atoms with E-state index in [-0.39, 0.29) is 0 Å². The summed E-state index contributed by atoms with van der Waals surface area (Å²) in [6, 6.07) is 5.19. The van der Waals surface area contributed by atoms with E-state index in [4.69, 9.17) is 23.2 Å². The Balaban J connectivity index is 3.09. The molecule has 1 rings (SSSR count). The van der Waals surface area contributed by atoms with Crippen LogP contribution in [0.25, 0.3) is 0 Å². The lowest BCUT2D eigenvalue weighted by Crippen LogP contribution is -1.86. The Hall–Kier alpha value is -0.400. The monoisotopic (exact) mass is 174 g/mol. The molecule has 0 unspecified atom stereocenters. The molecule has 0 aliphatic carbocycles. The number of halogens is 2.